The molecule has 4 rings (SSSR count). The van der Waals surface area contributed by atoms with Gasteiger partial charge in [0.15, 0.2) is 0 Å². The number of nitrogens with zero attached hydrogens (tertiary/aromatic N) is 3. The van der Waals surface area contributed by atoms with Gasteiger partial charge in [-0.3, -0.25) is 19.1 Å². The van der Waals surface area contributed by atoms with E-state index in [1.54, 1.807) is 12.1 Å². The van der Waals surface area contributed by atoms with Gasteiger partial charge in [0.2, 0.25) is 5.91 Å². The standard InChI is InChI=1S/C23H25BrN4O3/c24-18-6-7-21-20(12-18)23(30)28(16-26-21)9-8-22(29)25-13-19-15-27(10-11-31-19)14-17-4-2-1-3-5-17/h1-7,12,16,19H,8-11,13-15H2,(H,25,29). The summed E-state index contributed by atoms with van der Waals surface area (Å²) in [4.78, 5) is 31.6. The second-order valence-electron chi connectivity index (χ2n) is 7.67. The van der Waals surface area contributed by atoms with Crippen molar-refractivity contribution in [3.05, 3.63) is 75.2 Å². The van der Waals surface area contributed by atoms with Gasteiger partial charge in [-0.25, -0.2) is 4.98 Å². The first kappa shape index (κ1) is 21.7. The molecule has 0 saturated carbocycles. The SMILES string of the molecule is O=C(CCn1cnc2ccc(Br)cc2c1=O)NCC1CN(Cc2ccccc2)CCO1. The number of amides is 1. The number of hydrogen-bond acceptors (Lipinski definition) is 5. The Balaban J connectivity index is 1.26. The van der Waals surface area contributed by atoms with Gasteiger partial charge in [-0.2, -0.15) is 0 Å². The number of aromatic nitrogens is 2. The molecule has 1 fully saturated rings. The van der Waals surface area contributed by atoms with E-state index in [1.165, 1.54) is 16.5 Å². The molecule has 1 aliphatic rings. The average molecular weight is 485 g/mol. The Morgan fingerprint density at radius 1 is 1.23 bits per heavy atom. The maximum absolute atomic E-state index is 12.6. The summed E-state index contributed by atoms with van der Waals surface area (Å²) in [5.41, 5.74) is 1.77. The topological polar surface area (TPSA) is 76.5 Å². The molecular formula is C23H25BrN4O3. The number of halogens is 1. The Hall–Kier alpha value is -2.55. The van der Waals surface area contributed by atoms with Gasteiger partial charge in [-0.1, -0.05) is 46.3 Å². The van der Waals surface area contributed by atoms with Crippen LogP contribution in [0.15, 0.2) is 64.1 Å². The molecule has 1 unspecified atom stereocenters. The first-order valence-electron chi connectivity index (χ1n) is 10.4. The van der Waals surface area contributed by atoms with Crippen LogP contribution in [-0.2, 0) is 22.6 Å². The van der Waals surface area contributed by atoms with E-state index in [0.29, 0.717) is 24.1 Å². The molecule has 1 amide bonds. The lowest BCUT2D eigenvalue weighted by atomic mass is 10.2. The fraction of sp³-hybridized carbons (Fsp3) is 0.348. The largest absolute Gasteiger partial charge is 0.374 e. The van der Waals surface area contributed by atoms with Crippen LogP contribution in [0.4, 0.5) is 0 Å². The molecule has 0 radical (unpaired) electrons. The summed E-state index contributed by atoms with van der Waals surface area (Å²) in [5, 5.41) is 3.47. The van der Waals surface area contributed by atoms with Gasteiger partial charge in [0.05, 0.1) is 29.9 Å². The van der Waals surface area contributed by atoms with Crippen LogP contribution in [-0.4, -0.2) is 52.7 Å². The number of rotatable bonds is 7. The van der Waals surface area contributed by atoms with Gasteiger partial charge in [-0.05, 0) is 23.8 Å². The van der Waals surface area contributed by atoms with E-state index in [1.807, 2.05) is 24.3 Å². The van der Waals surface area contributed by atoms with Crippen LogP contribution in [0.1, 0.15) is 12.0 Å². The van der Waals surface area contributed by atoms with E-state index in [4.69, 9.17) is 4.74 Å². The molecule has 3 aromatic rings. The van der Waals surface area contributed by atoms with Crippen LogP contribution in [0.5, 0.6) is 0 Å². The maximum atomic E-state index is 12.6. The fourth-order valence-corrected chi connectivity index (χ4v) is 4.08. The van der Waals surface area contributed by atoms with Crippen LogP contribution in [0.25, 0.3) is 10.9 Å². The Kier molecular flexibility index (Phi) is 7.11. The van der Waals surface area contributed by atoms with Crippen molar-refractivity contribution in [2.45, 2.75) is 25.6 Å². The quantitative estimate of drug-likeness (QED) is 0.557. The lowest BCUT2D eigenvalue weighted by molar-refractivity contribution is -0.122. The predicted molar refractivity (Wildman–Crippen MR) is 123 cm³/mol. The molecule has 1 atom stereocenters. The number of aryl methyl sites for hydroxylation is 1. The number of hydrogen-bond donors (Lipinski definition) is 1. The van der Waals surface area contributed by atoms with Gasteiger partial charge in [0.1, 0.15) is 0 Å². The number of ether oxygens (including phenoxy) is 1. The van der Waals surface area contributed by atoms with Crippen molar-refractivity contribution >= 4 is 32.7 Å². The van der Waals surface area contributed by atoms with Crippen LogP contribution in [0, 0.1) is 0 Å². The Morgan fingerprint density at radius 2 is 2.06 bits per heavy atom. The van der Waals surface area contributed by atoms with E-state index in [2.05, 4.69) is 43.3 Å². The van der Waals surface area contributed by atoms with Crippen molar-refractivity contribution in [3.63, 3.8) is 0 Å². The van der Waals surface area contributed by atoms with Crippen LogP contribution < -0.4 is 10.9 Å². The van der Waals surface area contributed by atoms with Crippen molar-refractivity contribution in [2.75, 3.05) is 26.2 Å². The zero-order chi connectivity index (χ0) is 21.6. The molecule has 1 N–H and O–H groups in total. The highest BCUT2D eigenvalue weighted by atomic mass is 79.9. The average Bonchev–Trinajstić information content (AvgIpc) is 2.78. The second-order valence-corrected chi connectivity index (χ2v) is 8.59. The van der Waals surface area contributed by atoms with Crippen molar-refractivity contribution in [2.24, 2.45) is 0 Å². The van der Waals surface area contributed by atoms with E-state index >= 15 is 0 Å². The minimum atomic E-state index is -0.147. The number of fused-ring (bicyclic) bond motifs is 1. The lowest BCUT2D eigenvalue weighted by Gasteiger charge is -2.33. The number of nitrogens with one attached hydrogen (secondary N) is 1. The molecule has 1 aliphatic heterocycles. The zero-order valence-electron chi connectivity index (χ0n) is 17.2. The molecule has 8 heteroatoms. The molecule has 31 heavy (non-hydrogen) atoms. The summed E-state index contributed by atoms with van der Waals surface area (Å²) >= 11 is 3.38. The van der Waals surface area contributed by atoms with Crippen molar-refractivity contribution < 1.29 is 9.53 Å². The molecule has 2 heterocycles. The molecule has 1 aromatic heterocycles. The van der Waals surface area contributed by atoms with Gasteiger partial charge >= 0.3 is 0 Å². The zero-order valence-corrected chi connectivity index (χ0v) is 18.8. The minimum absolute atomic E-state index is 0.0381. The highest BCUT2D eigenvalue weighted by Crippen LogP contribution is 2.15. The second kappa shape index (κ2) is 10.2. The lowest BCUT2D eigenvalue weighted by Crippen LogP contribution is -2.47. The Morgan fingerprint density at radius 3 is 2.90 bits per heavy atom. The van der Waals surface area contributed by atoms with Crippen LogP contribution in [0.2, 0.25) is 0 Å². The summed E-state index contributed by atoms with van der Waals surface area (Å²) in [6, 6.07) is 15.7. The first-order valence-corrected chi connectivity index (χ1v) is 11.2. The van der Waals surface area contributed by atoms with Crippen molar-refractivity contribution in [3.8, 4) is 0 Å². The molecular weight excluding hydrogens is 460 g/mol. The van der Waals surface area contributed by atoms with Gasteiger partial charge in [0, 0.05) is 43.6 Å². The summed E-state index contributed by atoms with van der Waals surface area (Å²) < 4.78 is 8.11. The van der Waals surface area contributed by atoms with Gasteiger partial charge < -0.3 is 10.1 Å². The molecule has 162 valence electrons. The molecule has 7 nitrogen and oxygen atoms in total. The number of carbonyl (C=O) groups is 1. The smallest absolute Gasteiger partial charge is 0.261 e. The Bertz CT molecular complexity index is 1100. The summed E-state index contributed by atoms with van der Waals surface area (Å²) in [6.07, 6.45) is 1.67. The third kappa shape index (κ3) is 5.78. The van der Waals surface area contributed by atoms with E-state index in [-0.39, 0.29) is 30.5 Å². The third-order valence-electron chi connectivity index (χ3n) is 5.36. The summed E-state index contributed by atoms with van der Waals surface area (Å²) in [6.45, 7) is 3.93. The molecule has 0 bridgehead atoms. The third-order valence-corrected chi connectivity index (χ3v) is 5.86. The minimum Gasteiger partial charge on any atom is -0.374 e. The Labute approximate surface area is 189 Å². The summed E-state index contributed by atoms with van der Waals surface area (Å²) in [5.74, 6) is -0.106. The van der Waals surface area contributed by atoms with Gasteiger partial charge in [0.25, 0.3) is 5.56 Å². The van der Waals surface area contributed by atoms with E-state index in [0.717, 1.165) is 24.1 Å². The van der Waals surface area contributed by atoms with Gasteiger partial charge in [-0.15, -0.1) is 0 Å². The normalized spacial score (nSPS) is 17.0. The number of carbonyl (C=O) groups excluding carboxylic acids is 1. The molecule has 0 spiro atoms. The van der Waals surface area contributed by atoms with Crippen molar-refractivity contribution in [1.82, 2.24) is 19.8 Å². The number of benzene rings is 2. The summed E-state index contributed by atoms with van der Waals surface area (Å²) in [7, 11) is 0. The molecule has 1 saturated heterocycles. The molecule has 0 aliphatic carbocycles. The van der Waals surface area contributed by atoms with Crippen LogP contribution in [0.3, 0.4) is 0 Å². The first-order chi connectivity index (χ1) is 15.1. The van der Waals surface area contributed by atoms with Crippen LogP contribution >= 0.6 is 15.9 Å². The maximum Gasteiger partial charge on any atom is 0.261 e. The monoisotopic (exact) mass is 484 g/mol. The highest BCUT2D eigenvalue weighted by molar-refractivity contribution is 9.10. The van der Waals surface area contributed by atoms with E-state index < -0.39 is 0 Å². The van der Waals surface area contributed by atoms with E-state index in [9.17, 15) is 9.59 Å². The van der Waals surface area contributed by atoms with Crippen molar-refractivity contribution in [1.29, 1.82) is 0 Å². The highest BCUT2D eigenvalue weighted by Gasteiger charge is 2.21. The number of morpholine rings is 1. The predicted octanol–water partition coefficient (Wildman–Crippen LogP) is 2.57. The fourth-order valence-electron chi connectivity index (χ4n) is 3.72. The molecule has 2 aromatic carbocycles.